The Kier molecular flexibility index (Phi) is 5.87. The summed E-state index contributed by atoms with van der Waals surface area (Å²) in [4.78, 5) is 0.0992. The zero-order valence-electron chi connectivity index (χ0n) is 13.6. The first-order chi connectivity index (χ1) is 12.3. The maximum absolute atomic E-state index is 13.8. The number of halogens is 4. The summed E-state index contributed by atoms with van der Waals surface area (Å²) in [7, 11) is -3.58. The summed E-state index contributed by atoms with van der Waals surface area (Å²) in [5, 5.41) is -0.481. The van der Waals surface area contributed by atoms with Gasteiger partial charge in [-0.2, -0.15) is 0 Å². The van der Waals surface area contributed by atoms with Crippen LogP contribution in [0.25, 0.3) is 0 Å². The first kappa shape index (κ1) is 19.5. The molecule has 1 aliphatic rings. The van der Waals surface area contributed by atoms with Crippen molar-refractivity contribution in [1.82, 2.24) is 0 Å². The minimum atomic E-state index is -3.58. The fourth-order valence-corrected chi connectivity index (χ4v) is 5.63. The largest absolute Gasteiger partial charge is 0.373 e. The highest BCUT2D eigenvalue weighted by Crippen LogP contribution is 2.34. The number of sulfone groups is 1. The zero-order valence-corrected chi connectivity index (χ0v) is 15.9. The second-order valence-corrected chi connectivity index (χ2v) is 9.23. The minimum absolute atomic E-state index is 0.0319. The van der Waals surface area contributed by atoms with Gasteiger partial charge < -0.3 is 4.74 Å². The molecular formula is C18H16Cl2F2O3S. The van der Waals surface area contributed by atoms with Crippen LogP contribution in [0.5, 0.6) is 0 Å². The molecule has 0 amide bonds. The molecule has 0 aromatic heterocycles. The van der Waals surface area contributed by atoms with Crippen molar-refractivity contribution in [2.45, 2.75) is 42.1 Å². The van der Waals surface area contributed by atoms with Gasteiger partial charge in [0, 0.05) is 10.6 Å². The van der Waals surface area contributed by atoms with Crippen LogP contribution in [0, 0.1) is 11.6 Å². The summed E-state index contributed by atoms with van der Waals surface area (Å²) in [5.74, 6) is -1.57. The molecule has 0 saturated heterocycles. The Balaban J connectivity index is 1.67. The fourth-order valence-electron chi connectivity index (χ4n) is 3.10. The topological polar surface area (TPSA) is 43.4 Å². The van der Waals surface area contributed by atoms with Crippen LogP contribution in [0.4, 0.5) is 8.78 Å². The molecule has 0 radical (unpaired) electrons. The summed E-state index contributed by atoms with van der Waals surface area (Å²) in [6.45, 7) is -0.279. The van der Waals surface area contributed by atoms with Gasteiger partial charge in [0.15, 0.2) is 9.84 Å². The third-order valence-electron chi connectivity index (χ3n) is 4.49. The summed E-state index contributed by atoms with van der Waals surface area (Å²) in [5.41, 5.74) is -0.216. The predicted octanol–water partition coefficient (Wildman–Crippen LogP) is 5.18. The van der Waals surface area contributed by atoms with Gasteiger partial charge in [-0.05, 0) is 43.5 Å². The lowest BCUT2D eigenvalue weighted by Crippen LogP contribution is -2.20. The van der Waals surface area contributed by atoms with Crippen LogP contribution >= 0.6 is 23.2 Å². The van der Waals surface area contributed by atoms with Gasteiger partial charge in [-0.3, -0.25) is 0 Å². The SMILES string of the molecule is O=S(=O)(c1ccccc1Cl)[C@H]1CC[C@H](OCc2c(F)cc(Cl)cc2F)C1. The Bertz CT molecular complexity index is 895. The molecule has 26 heavy (non-hydrogen) atoms. The van der Waals surface area contributed by atoms with Crippen LogP contribution in [0.2, 0.25) is 10.0 Å². The molecule has 0 bridgehead atoms. The van der Waals surface area contributed by atoms with Gasteiger partial charge in [-0.15, -0.1) is 0 Å². The van der Waals surface area contributed by atoms with Gasteiger partial charge in [0.2, 0.25) is 0 Å². The lowest BCUT2D eigenvalue weighted by Gasteiger charge is -2.15. The zero-order chi connectivity index (χ0) is 18.9. The average Bonchev–Trinajstić information content (AvgIpc) is 3.04. The van der Waals surface area contributed by atoms with E-state index in [0.29, 0.717) is 12.8 Å². The molecule has 0 N–H and O–H groups in total. The molecule has 3 nitrogen and oxygen atoms in total. The van der Waals surface area contributed by atoms with Gasteiger partial charge in [0.05, 0.1) is 27.9 Å². The predicted molar refractivity (Wildman–Crippen MR) is 96.2 cm³/mol. The first-order valence-electron chi connectivity index (χ1n) is 8.02. The second kappa shape index (κ2) is 7.80. The first-order valence-corrected chi connectivity index (χ1v) is 10.3. The summed E-state index contributed by atoms with van der Waals surface area (Å²) in [6.07, 6.45) is 0.756. The quantitative estimate of drug-likeness (QED) is 0.668. The van der Waals surface area contributed by atoms with Crippen LogP contribution in [0.15, 0.2) is 41.3 Å². The van der Waals surface area contributed by atoms with Crippen molar-refractivity contribution in [1.29, 1.82) is 0 Å². The highest BCUT2D eigenvalue weighted by Gasteiger charge is 2.36. The van der Waals surface area contributed by atoms with Crippen LogP contribution in [-0.4, -0.2) is 19.8 Å². The van der Waals surface area contributed by atoms with Crippen LogP contribution in [0.1, 0.15) is 24.8 Å². The molecule has 1 aliphatic carbocycles. The van der Waals surface area contributed by atoms with E-state index in [1.807, 2.05) is 0 Å². The standard InChI is InChI=1S/C18H16Cl2F2O3S/c19-11-7-16(21)14(17(22)8-11)10-25-12-5-6-13(9-12)26(23,24)18-4-2-1-3-15(18)20/h1-4,7-8,12-13H,5-6,9-10H2/t12-,13-/m0/s1. The maximum Gasteiger partial charge on any atom is 0.182 e. The van der Waals surface area contributed by atoms with Crippen molar-refractivity contribution < 1.29 is 21.9 Å². The van der Waals surface area contributed by atoms with E-state index in [1.54, 1.807) is 12.1 Å². The molecule has 0 heterocycles. The van der Waals surface area contributed by atoms with E-state index in [9.17, 15) is 17.2 Å². The number of hydrogen-bond donors (Lipinski definition) is 0. The summed E-state index contributed by atoms with van der Waals surface area (Å²) in [6, 6.07) is 8.32. The molecule has 1 saturated carbocycles. The number of benzene rings is 2. The normalized spacial score (nSPS) is 20.5. The van der Waals surface area contributed by atoms with Gasteiger partial charge >= 0.3 is 0 Å². The third-order valence-corrected chi connectivity index (χ3v) is 7.42. The Morgan fingerprint density at radius 2 is 1.73 bits per heavy atom. The van der Waals surface area contributed by atoms with E-state index in [4.69, 9.17) is 27.9 Å². The Labute approximate surface area is 160 Å². The molecule has 8 heteroatoms. The van der Waals surface area contributed by atoms with Gasteiger partial charge in [-0.25, -0.2) is 17.2 Å². The third kappa shape index (κ3) is 4.03. The van der Waals surface area contributed by atoms with E-state index >= 15 is 0 Å². The van der Waals surface area contributed by atoms with Crippen molar-refractivity contribution in [3.05, 3.63) is 63.6 Å². The van der Waals surface area contributed by atoms with Crippen molar-refractivity contribution >= 4 is 33.0 Å². The van der Waals surface area contributed by atoms with Gasteiger partial charge in [0.1, 0.15) is 11.6 Å². The number of rotatable bonds is 5. The summed E-state index contributed by atoms with van der Waals surface area (Å²) >= 11 is 11.6. The smallest absolute Gasteiger partial charge is 0.182 e. The Hall–Kier alpha value is -1.21. The molecule has 2 aromatic rings. The molecule has 140 valence electrons. The molecule has 3 rings (SSSR count). The second-order valence-electron chi connectivity index (χ2n) is 6.19. The monoisotopic (exact) mass is 420 g/mol. The summed E-state index contributed by atoms with van der Waals surface area (Å²) < 4.78 is 58.7. The number of ether oxygens (including phenoxy) is 1. The molecule has 0 spiro atoms. The molecular weight excluding hydrogens is 405 g/mol. The van der Waals surface area contributed by atoms with E-state index in [-0.39, 0.29) is 33.5 Å². The van der Waals surface area contributed by atoms with Crippen molar-refractivity contribution in [2.75, 3.05) is 0 Å². The Morgan fingerprint density at radius 3 is 2.38 bits per heavy atom. The average molecular weight is 421 g/mol. The minimum Gasteiger partial charge on any atom is -0.373 e. The molecule has 0 unspecified atom stereocenters. The van der Waals surface area contributed by atoms with Gasteiger partial charge in [0.25, 0.3) is 0 Å². The molecule has 1 fully saturated rings. The van der Waals surface area contributed by atoms with Crippen molar-refractivity contribution in [3.8, 4) is 0 Å². The van der Waals surface area contributed by atoms with Crippen LogP contribution < -0.4 is 0 Å². The highest BCUT2D eigenvalue weighted by atomic mass is 35.5. The van der Waals surface area contributed by atoms with Crippen LogP contribution in [0.3, 0.4) is 0 Å². The van der Waals surface area contributed by atoms with E-state index in [2.05, 4.69) is 0 Å². The van der Waals surface area contributed by atoms with E-state index < -0.39 is 32.8 Å². The lowest BCUT2D eigenvalue weighted by molar-refractivity contribution is 0.0425. The highest BCUT2D eigenvalue weighted by molar-refractivity contribution is 7.92. The van der Waals surface area contributed by atoms with E-state index in [0.717, 1.165) is 12.1 Å². The molecule has 2 atom stereocenters. The van der Waals surface area contributed by atoms with Crippen molar-refractivity contribution in [2.24, 2.45) is 0 Å². The van der Waals surface area contributed by atoms with Crippen LogP contribution in [-0.2, 0) is 21.2 Å². The van der Waals surface area contributed by atoms with E-state index in [1.165, 1.54) is 12.1 Å². The number of hydrogen-bond acceptors (Lipinski definition) is 3. The lowest BCUT2D eigenvalue weighted by atomic mass is 10.2. The van der Waals surface area contributed by atoms with Gasteiger partial charge in [-0.1, -0.05) is 35.3 Å². The maximum atomic E-state index is 13.8. The fraction of sp³-hybridized carbons (Fsp3) is 0.333. The Morgan fingerprint density at radius 1 is 1.08 bits per heavy atom. The van der Waals surface area contributed by atoms with Crippen molar-refractivity contribution in [3.63, 3.8) is 0 Å². The molecule has 2 aromatic carbocycles. The molecule has 0 aliphatic heterocycles.